The molecule has 2 atom stereocenters. The zero-order valence-electron chi connectivity index (χ0n) is 12.3. The van der Waals surface area contributed by atoms with Crippen LogP contribution in [0.3, 0.4) is 0 Å². The van der Waals surface area contributed by atoms with Crippen LogP contribution in [0, 0.1) is 0 Å². The third-order valence-electron chi connectivity index (χ3n) is 4.10. The summed E-state index contributed by atoms with van der Waals surface area (Å²) in [7, 11) is 0. The second kappa shape index (κ2) is 6.87. The number of imidazole rings is 1. The Balaban J connectivity index is 1.66. The van der Waals surface area contributed by atoms with Crippen LogP contribution in [0.5, 0.6) is 0 Å². The molecular formula is C17H23N3O. The molecule has 0 spiro atoms. The van der Waals surface area contributed by atoms with E-state index >= 15 is 0 Å². The third kappa shape index (κ3) is 3.71. The number of hydrogen-bond acceptors (Lipinski definition) is 3. The summed E-state index contributed by atoms with van der Waals surface area (Å²) in [6.07, 6.45) is 8.46. The van der Waals surface area contributed by atoms with Gasteiger partial charge in [0.15, 0.2) is 0 Å². The van der Waals surface area contributed by atoms with Crippen LogP contribution in [-0.2, 0) is 17.7 Å². The number of rotatable bonds is 5. The van der Waals surface area contributed by atoms with Crippen LogP contribution in [-0.4, -0.2) is 22.3 Å². The monoisotopic (exact) mass is 285 g/mol. The smallest absolute Gasteiger partial charge is 0.0949 e. The lowest BCUT2D eigenvalue weighted by Gasteiger charge is -2.24. The summed E-state index contributed by atoms with van der Waals surface area (Å²) >= 11 is 0. The van der Waals surface area contributed by atoms with Gasteiger partial charge in [0.05, 0.1) is 30.7 Å². The van der Waals surface area contributed by atoms with Gasteiger partial charge in [-0.05, 0) is 31.2 Å². The van der Waals surface area contributed by atoms with Gasteiger partial charge in [-0.3, -0.25) is 0 Å². The first-order valence-corrected chi connectivity index (χ1v) is 7.74. The van der Waals surface area contributed by atoms with E-state index in [0.717, 1.165) is 31.7 Å². The molecule has 1 fully saturated rings. The Morgan fingerprint density at radius 3 is 2.90 bits per heavy atom. The second-order valence-corrected chi connectivity index (χ2v) is 5.76. The van der Waals surface area contributed by atoms with E-state index in [4.69, 9.17) is 10.5 Å². The van der Waals surface area contributed by atoms with Crippen molar-refractivity contribution in [2.75, 3.05) is 6.61 Å². The van der Waals surface area contributed by atoms with Gasteiger partial charge >= 0.3 is 0 Å². The summed E-state index contributed by atoms with van der Waals surface area (Å²) < 4.78 is 7.97. The first kappa shape index (κ1) is 14.3. The molecule has 0 bridgehead atoms. The maximum atomic E-state index is 6.38. The number of ether oxygens (including phenoxy) is 1. The molecule has 1 aromatic carbocycles. The highest BCUT2D eigenvalue weighted by Gasteiger charge is 2.18. The molecule has 0 aliphatic carbocycles. The van der Waals surface area contributed by atoms with Gasteiger partial charge in [0.1, 0.15) is 0 Å². The van der Waals surface area contributed by atoms with Crippen LogP contribution in [0.1, 0.15) is 36.6 Å². The van der Waals surface area contributed by atoms with Crippen LogP contribution in [0.15, 0.2) is 42.9 Å². The van der Waals surface area contributed by atoms with Gasteiger partial charge in [0, 0.05) is 12.8 Å². The van der Waals surface area contributed by atoms with E-state index in [2.05, 4.69) is 33.8 Å². The van der Waals surface area contributed by atoms with E-state index in [1.165, 1.54) is 18.4 Å². The Kier molecular flexibility index (Phi) is 4.68. The number of nitrogens with zero attached hydrogens (tertiary/aromatic N) is 2. The van der Waals surface area contributed by atoms with Gasteiger partial charge in [-0.1, -0.05) is 30.3 Å². The highest BCUT2D eigenvalue weighted by molar-refractivity contribution is 5.18. The lowest BCUT2D eigenvalue weighted by molar-refractivity contribution is 0.00543. The van der Waals surface area contributed by atoms with Gasteiger partial charge in [-0.2, -0.15) is 0 Å². The van der Waals surface area contributed by atoms with Crippen molar-refractivity contribution < 1.29 is 4.74 Å². The Morgan fingerprint density at radius 2 is 2.14 bits per heavy atom. The molecule has 0 saturated carbocycles. The molecule has 21 heavy (non-hydrogen) atoms. The van der Waals surface area contributed by atoms with Crippen molar-refractivity contribution >= 4 is 0 Å². The molecule has 3 rings (SSSR count). The summed E-state index contributed by atoms with van der Waals surface area (Å²) in [6.45, 7) is 1.74. The number of nitrogens with two attached hydrogens (primary N) is 1. The van der Waals surface area contributed by atoms with Crippen molar-refractivity contribution in [3.05, 3.63) is 54.1 Å². The first-order chi connectivity index (χ1) is 10.3. The predicted molar refractivity (Wildman–Crippen MR) is 82.9 cm³/mol. The van der Waals surface area contributed by atoms with Gasteiger partial charge in [0.2, 0.25) is 0 Å². The van der Waals surface area contributed by atoms with Crippen LogP contribution in [0.4, 0.5) is 0 Å². The number of aromatic nitrogens is 2. The van der Waals surface area contributed by atoms with Crippen LogP contribution >= 0.6 is 0 Å². The van der Waals surface area contributed by atoms with Crippen molar-refractivity contribution in [2.45, 2.75) is 44.4 Å². The summed E-state index contributed by atoms with van der Waals surface area (Å²) in [5.74, 6) is 0. The SMILES string of the molecule is N[C@H](Cc1ccccc1)c1cncn1CC1CCCCO1. The van der Waals surface area contributed by atoms with Crippen molar-refractivity contribution in [1.29, 1.82) is 0 Å². The molecule has 1 aliphatic rings. The topological polar surface area (TPSA) is 53.1 Å². The molecule has 1 unspecified atom stereocenters. The van der Waals surface area contributed by atoms with Crippen molar-refractivity contribution in [3.63, 3.8) is 0 Å². The average molecular weight is 285 g/mol. The summed E-state index contributed by atoms with van der Waals surface area (Å²) in [5, 5.41) is 0. The van der Waals surface area contributed by atoms with Gasteiger partial charge in [-0.15, -0.1) is 0 Å². The van der Waals surface area contributed by atoms with Gasteiger partial charge < -0.3 is 15.0 Å². The maximum Gasteiger partial charge on any atom is 0.0949 e. The summed E-state index contributed by atoms with van der Waals surface area (Å²) in [6, 6.07) is 10.3. The minimum absolute atomic E-state index is 0.0292. The Morgan fingerprint density at radius 1 is 1.29 bits per heavy atom. The van der Waals surface area contributed by atoms with E-state index in [1.54, 1.807) is 0 Å². The molecule has 2 heterocycles. The van der Waals surface area contributed by atoms with E-state index in [0.29, 0.717) is 6.10 Å². The van der Waals surface area contributed by atoms with Crippen LogP contribution in [0.25, 0.3) is 0 Å². The van der Waals surface area contributed by atoms with Crippen LogP contribution < -0.4 is 5.73 Å². The highest BCUT2D eigenvalue weighted by atomic mass is 16.5. The highest BCUT2D eigenvalue weighted by Crippen LogP contribution is 2.19. The van der Waals surface area contributed by atoms with Crippen molar-refractivity contribution in [3.8, 4) is 0 Å². The molecule has 1 saturated heterocycles. The van der Waals surface area contributed by atoms with E-state index in [-0.39, 0.29) is 6.04 Å². The fourth-order valence-electron chi connectivity index (χ4n) is 2.94. The lowest BCUT2D eigenvalue weighted by atomic mass is 10.0. The minimum atomic E-state index is -0.0292. The number of hydrogen-bond donors (Lipinski definition) is 1. The molecule has 0 radical (unpaired) electrons. The molecule has 2 aromatic rings. The summed E-state index contributed by atoms with van der Waals surface area (Å²) in [4.78, 5) is 4.28. The Hall–Kier alpha value is -1.65. The number of benzene rings is 1. The van der Waals surface area contributed by atoms with Crippen molar-refractivity contribution in [1.82, 2.24) is 9.55 Å². The standard InChI is InChI=1S/C17H23N3O/c18-16(10-14-6-2-1-3-7-14)17-11-19-13-20(17)12-15-8-4-5-9-21-15/h1-3,6-7,11,13,15-16H,4-5,8-10,12,18H2/t15?,16-/m1/s1. The molecule has 112 valence electrons. The van der Waals surface area contributed by atoms with Gasteiger partial charge in [0.25, 0.3) is 0 Å². The average Bonchev–Trinajstić information content (AvgIpc) is 2.97. The lowest BCUT2D eigenvalue weighted by Crippen LogP contribution is -2.26. The molecule has 4 nitrogen and oxygen atoms in total. The molecule has 2 N–H and O–H groups in total. The fraction of sp³-hybridized carbons (Fsp3) is 0.471. The van der Waals surface area contributed by atoms with E-state index < -0.39 is 0 Å². The zero-order valence-corrected chi connectivity index (χ0v) is 12.3. The van der Waals surface area contributed by atoms with Gasteiger partial charge in [-0.25, -0.2) is 4.98 Å². The predicted octanol–water partition coefficient (Wildman–Crippen LogP) is 2.69. The van der Waals surface area contributed by atoms with Crippen molar-refractivity contribution in [2.24, 2.45) is 5.73 Å². The molecule has 4 heteroatoms. The third-order valence-corrected chi connectivity index (χ3v) is 4.10. The Labute approximate surface area is 125 Å². The molecule has 1 aromatic heterocycles. The normalized spacial score (nSPS) is 20.3. The maximum absolute atomic E-state index is 6.38. The first-order valence-electron chi connectivity index (χ1n) is 7.74. The molecule has 0 amide bonds. The quantitative estimate of drug-likeness (QED) is 0.919. The van der Waals surface area contributed by atoms with E-state index in [1.807, 2.05) is 18.6 Å². The zero-order chi connectivity index (χ0) is 14.5. The van der Waals surface area contributed by atoms with Crippen LogP contribution in [0.2, 0.25) is 0 Å². The van der Waals surface area contributed by atoms with E-state index in [9.17, 15) is 0 Å². The molecule has 1 aliphatic heterocycles. The fourth-order valence-corrected chi connectivity index (χ4v) is 2.94. The second-order valence-electron chi connectivity index (χ2n) is 5.76. The molecular weight excluding hydrogens is 262 g/mol. The largest absolute Gasteiger partial charge is 0.376 e. The summed E-state index contributed by atoms with van der Waals surface area (Å²) in [5.41, 5.74) is 8.72. The Bertz CT molecular complexity index is 546. The minimum Gasteiger partial charge on any atom is -0.376 e.